The zero-order valence-electron chi connectivity index (χ0n) is 18.0. The SMILES string of the molecule is CCNC(=NCc1ccc(N2CCCCCC2)nc1)N1CCS(=O)(=O)C(C)(C)C1. The number of anilines is 1. The smallest absolute Gasteiger partial charge is 0.194 e. The molecule has 0 aliphatic carbocycles. The molecule has 3 heterocycles. The number of rotatable bonds is 4. The molecule has 0 bridgehead atoms. The maximum atomic E-state index is 12.3. The normalized spacial score (nSPS) is 22.2. The van der Waals surface area contributed by atoms with Crippen LogP contribution in [0.4, 0.5) is 5.82 Å². The van der Waals surface area contributed by atoms with Crippen LogP contribution in [0.2, 0.25) is 0 Å². The fourth-order valence-electron chi connectivity index (χ4n) is 3.91. The molecule has 7 nitrogen and oxygen atoms in total. The van der Waals surface area contributed by atoms with Crippen molar-refractivity contribution < 1.29 is 8.42 Å². The van der Waals surface area contributed by atoms with Crippen molar-refractivity contribution in [2.75, 3.05) is 43.4 Å². The minimum Gasteiger partial charge on any atom is -0.357 e. The van der Waals surface area contributed by atoms with Crippen molar-refractivity contribution in [2.24, 2.45) is 4.99 Å². The van der Waals surface area contributed by atoms with Crippen LogP contribution in [0.15, 0.2) is 23.3 Å². The first kappa shape index (κ1) is 21.9. The molecule has 0 aromatic carbocycles. The van der Waals surface area contributed by atoms with E-state index < -0.39 is 14.6 Å². The first-order valence-corrected chi connectivity index (χ1v) is 12.4. The van der Waals surface area contributed by atoms with Crippen molar-refractivity contribution >= 4 is 21.6 Å². The molecular formula is C21H35N5O2S. The third kappa shape index (κ3) is 5.41. The lowest BCUT2D eigenvalue weighted by molar-refractivity contribution is 0.353. The Labute approximate surface area is 175 Å². The van der Waals surface area contributed by atoms with E-state index >= 15 is 0 Å². The summed E-state index contributed by atoms with van der Waals surface area (Å²) >= 11 is 0. The predicted molar refractivity (Wildman–Crippen MR) is 119 cm³/mol. The van der Waals surface area contributed by atoms with Crippen LogP contribution < -0.4 is 10.2 Å². The summed E-state index contributed by atoms with van der Waals surface area (Å²) in [7, 11) is -3.07. The third-order valence-electron chi connectivity index (χ3n) is 5.83. The van der Waals surface area contributed by atoms with Crippen LogP contribution in [0.3, 0.4) is 0 Å². The Morgan fingerprint density at radius 3 is 2.48 bits per heavy atom. The van der Waals surface area contributed by atoms with E-state index in [4.69, 9.17) is 4.99 Å². The molecule has 0 atom stereocenters. The average molecular weight is 422 g/mol. The lowest BCUT2D eigenvalue weighted by Crippen LogP contribution is -2.57. The molecule has 0 unspecified atom stereocenters. The van der Waals surface area contributed by atoms with E-state index in [0.29, 0.717) is 19.6 Å². The molecule has 2 fully saturated rings. The van der Waals surface area contributed by atoms with Crippen LogP contribution in [-0.4, -0.2) is 67.5 Å². The number of hydrogen-bond acceptors (Lipinski definition) is 5. The van der Waals surface area contributed by atoms with E-state index in [1.54, 1.807) is 13.8 Å². The molecule has 162 valence electrons. The summed E-state index contributed by atoms with van der Waals surface area (Å²) in [5.41, 5.74) is 1.06. The highest BCUT2D eigenvalue weighted by molar-refractivity contribution is 7.92. The summed E-state index contributed by atoms with van der Waals surface area (Å²) in [5, 5.41) is 3.31. The van der Waals surface area contributed by atoms with Gasteiger partial charge in [-0.15, -0.1) is 0 Å². The number of hydrogen-bond donors (Lipinski definition) is 1. The Hall–Kier alpha value is -1.83. The molecular weight excluding hydrogens is 386 g/mol. The fraction of sp³-hybridized carbons (Fsp3) is 0.714. The van der Waals surface area contributed by atoms with Crippen molar-refractivity contribution in [3.05, 3.63) is 23.9 Å². The molecule has 3 rings (SSSR count). The van der Waals surface area contributed by atoms with E-state index in [-0.39, 0.29) is 5.75 Å². The maximum absolute atomic E-state index is 12.3. The molecule has 1 N–H and O–H groups in total. The Morgan fingerprint density at radius 1 is 1.17 bits per heavy atom. The van der Waals surface area contributed by atoms with E-state index in [1.165, 1.54) is 25.7 Å². The van der Waals surface area contributed by atoms with Gasteiger partial charge in [0.1, 0.15) is 5.82 Å². The van der Waals surface area contributed by atoms with E-state index in [0.717, 1.165) is 37.0 Å². The fourth-order valence-corrected chi connectivity index (χ4v) is 5.28. The van der Waals surface area contributed by atoms with Crippen molar-refractivity contribution in [2.45, 2.75) is 57.7 Å². The van der Waals surface area contributed by atoms with Gasteiger partial charge in [-0.1, -0.05) is 18.9 Å². The lowest BCUT2D eigenvalue weighted by atomic mass is 10.2. The molecule has 29 heavy (non-hydrogen) atoms. The van der Waals surface area contributed by atoms with Crippen molar-refractivity contribution in [3.63, 3.8) is 0 Å². The monoisotopic (exact) mass is 421 g/mol. The summed E-state index contributed by atoms with van der Waals surface area (Å²) in [6.07, 6.45) is 7.01. The average Bonchev–Trinajstić information content (AvgIpc) is 2.97. The van der Waals surface area contributed by atoms with Gasteiger partial charge in [-0.3, -0.25) is 0 Å². The van der Waals surface area contributed by atoms with Crippen molar-refractivity contribution in [3.8, 4) is 0 Å². The number of aliphatic imine (C=N–C) groups is 1. The first-order valence-electron chi connectivity index (χ1n) is 10.8. The molecule has 1 aromatic rings. The van der Waals surface area contributed by atoms with Gasteiger partial charge < -0.3 is 15.1 Å². The minimum absolute atomic E-state index is 0.163. The van der Waals surface area contributed by atoms with Gasteiger partial charge in [-0.25, -0.2) is 18.4 Å². The number of guanidine groups is 1. The standard InChI is InChI=1S/C21H35N5O2S/c1-4-22-20(26-13-14-29(27,28)21(2,3)17-26)24-16-18-9-10-19(23-15-18)25-11-7-5-6-8-12-25/h9-10,15H,4-8,11-14,16-17H2,1-3H3,(H,22,24). The highest BCUT2D eigenvalue weighted by atomic mass is 32.2. The number of pyridine rings is 1. The van der Waals surface area contributed by atoms with E-state index in [9.17, 15) is 8.42 Å². The summed E-state index contributed by atoms with van der Waals surface area (Å²) in [6, 6.07) is 4.20. The Kier molecular flexibility index (Phi) is 7.03. The molecule has 0 saturated carbocycles. The van der Waals surface area contributed by atoms with Gasteiger partial charge in [-0.2, -0.15) is 0 Å². The second-order valence-electron chi connectivity index (χ2n) is 8.60. The third-order valence-corrected chi connectivity index (χ3v) is 8.36. The van der Waals surface area contributed by atoms with Crippen LogP contribution >= 0.6 is 0 Å². The first-order chi connectivity index (χ1) is 13.8. The topological polar surface area (TPSA) is 77.9 Å². The van der Waals surface area contributed by atoms with Crippen LogP contribution in [0.25, 0.3) is 0 Å². The maximum Gasteiger partial charge on any atom is 0.194 e. The highest BCUT2D eigenvalue weighted by Crippen LogP contribution is 2.24. The molecule has 8 heteroatoms. The molecule has 2 aliphatic rings. The molecule has 0 radical (unpaired) electrons. The van der Waals surface area contributed by atoms with Gasteiger partial charge in [0, 0.05) is 38.9 Å². The Bertz CT molecular complexity index is 797. The quantitative estimate of drug-likeness (QED) is 0.594. The minimum atomic E-state index is -3.07. The van der Waals surface area contributed by atoms with Crippen LogP contribution in [0, 0.1) is 0 Å². The van der Waals surface area contributed by atoms with Crippen LogP contribution in [-0.2, 0) is 16.4 Å². The van der Waals surface area contributed by atoms with Gasteiger partial charge in [-0.05, 0) is 45.2 Å². The highest BCUT2D eigenvalue weighted by Gasteiger charge is 2.40. The van der Waals surface area contributed by atoms with Gasteiger partial charge in [0.05, 0.1) is 17.0 Å². The largest absolute Gasteiger partial charge is 0.357 e. The van der Waals surface area contributed by atoms with Gasteiger partial charge in [0.25, 0.3) is 0 Å². The number of sulfone groups is 1. The summed E-state index contributed by atoms with van der Waals surface area (Å²) in [6.45, 7) is 9.99. The number of nitrogens with zero attached hydrogens (tertiary/aromatic N) is 4. The van der Waals surface area contributed by atoms with Gasteiger partial charge in [0.2, 0.25) is 0 Å². The number of aromatic nitrogens is 1. The van der Waals surface area contributed by atoms with E-state index in [2.05, 4.69) is 32.2 Å². The zero-order valence-corrected chi connectivity index (χ0v) is 18.8. The summed E-state index contributed by atoms with van der Waals surface area (Å²) in [4.78, 5) is 13.9. The van der Waals surface area contributed by atoms with Gasteiger partial charge in [0.15, 0.2) is 15.8 Å². The molecule has 0 spiro atoms. The van der Waals surface area contributed by atoms with E-state index in [1.807, 2.05) is 13.1 Å². The number of nitrogens with one attached hydrogen (secondary N) is 1. The zero-order chi connectivity index (χ0) is 20.9. The second kappa shape index (κ2) is 9.32. The Balaban J connectivity index is 1.67. The summed E-state index contributed by atoms with van der Waals surface area (Å²) < 4.78 is 23.8. The van der Waals surface area contributed by atoms with Crippen molar-refractivity contribution in [1.29, 1.82) is 0 Å². The molecule has 1 aromatic heterocycles. The second-order valence-corrected chi connectivity index (χ2v) is 11.3. The lowest BCUT2D eigenvalue weighted by Gasteiger charge is -2.39. The van der Waals surface area contributed by atoms with Crippen LogP contribution in [0.5, 0.6) is 0 Å². The van der Waals surface area contributed by atoms with Crippen LogP contribution in [0.1, 0.15) is 52.0 Å². The summed E-state index contributed by atoms with van der Waals surface area (Å²) in [5.74, 6) is 1.98. The van der Waals surface area contributed by atoms with Crippen molar-refractivity contribution in [1.82, 2.24) is 15.2 Å². The predicted octanol–water partition coefficient (Wildman–Crippen LogP) is 2.44. The molecule has 2 aliphatic heterocycles. The van der Waals surface area contributed by atoms with Gasteiger partial charge >= 0.3 is 0 Å². The molecule has 2 saturated heterocycles. The Morgan fingerprint density at radius 2 is 1.90 bits per heavy atom. The molecule has 0 amide bonds.